The molecule has 11 heavy (non-hydrogen) atoms. The molecular formula is C8H14N2S. The van der Waals surface area contributed by atoms with Crippen LogP contribution in [0.15, 0.2) is 9.98 Å². The predicted molar refractivity (Wildman–Crippen MR) is 53.0 cm³/mol. The highest BCUT2D eigenvalue weighted by Crippen LogP contribution is 2.09. The van der Waals surface area contributed by atoms with E-state index in [4.69, 9.17) is 0 Å². The molecule has 1 atom stereocenters. The van der Waals surface area contributed by atoms with Crippen LogP contribution in [0.3, 0.4) is 0 Å². The van der Waals surface area contributed by atoms with Crippen molar-refractivity contribution in [2.24, 2.45) is 15.9 Å². The minimum Gasteiger partial charge on any atom is -0.264 e. The van der Waals surface area contributed by atoms with Gasteiger partial charge in [-0.3, -0.25) is 4.99 Å². The minimum absolute atomic E-state index is 0.245. The molecule has 0 aromatic heterocycles. The third kappa shape index (κ3) is 2.06. The Morgan fingerprint density at radius 3 is 2.27 bits per heavy atom. The number of aliphatic imine (C=N–C) groups is 2. The van der Waals surface area contributed by atoms with Gasteiger partial charge in [0, 0.05) is 11.2 Å². The molecule has 0 fully saturated rings. The Morgan fingerprint density at radius 1 is 1.36 bits per heavy atom. The molecule has 1 unspecified atom stereocenters. The Balaban J connectivity index is 2.63. The van der Waals surface area contributed by atoms with Gasteiger partial charge in [0.1, 0.15) is 5.84 Å². The smallest absolute Gasteiger partial charge is 0.126 e. The molecule has 0 aromatic rings. The van der Waals surface area contributed by atoms with E-state index in [0.717, 1.165) is 18.1 Å². The molecule has 1 aliphatic heterocycles. The van der Waals surface area contributed by atoms with Gasteiger partial charge in [0.05, 0.1) is 12.3 Å². The van der Waals surface area contributed by atoms with Gasteiger partial charge in [0.2, 0.25) is 0 Å². The van der Waals surface area contributed by atoms with Crippen molar-refractivity contribution in [3.05, 3.63) is 0 Å². The third-order valence-corrected chi connectivity index (χ3v) is 1.96. The SMILES string of the molecule is CC(C)C1=NCC(C(C)S)=N1. The second-order valence-corrected chi connectivity index (χ2v) is 3.88. The summed E-state index contributed by atoms with van der Waals surface area (Å²) in [4.78, 5) is 8.68. The van der Waals surface area contributed by atoms with E-state index < -0.39 is 0 Å². The first-order valence-corrected chi connectivity index (χ1v) is 4.42. The fraction of sp³-hybridized carbons (Fsp3) is 0.750. The van der Waals surface area contributed by atoms with Crippen molar-refractivity contribution in [3.63, 3.8) is 0 Å². The molecular weight excluding hydrogens is 156 g/mol. The topological polar surface area (TPSA) is 24.7 Å². The molecule has 0 bridgehead atoms. The first kappa shape index (κ1) is 8.78. The number of rotatable bonds is 2. The first-order chi connectivity index (χ1) is 5.11. The van der Waals surface area contributed by atoms with Crippen molar-refractivity contribution >= 4 is 24.2 Å². The fourth-order valence-electron chi connectivity index (χ4n) is 0.917. The van der Waals surface area contributed by atoms with Crippen molar-refractivity contribution in [2.75, 3.05) is 6.54 Å². The number of hydrogen-bond donors (Lipinski definition) is 1. The molecule has 0 amide bonds. The molecule has 1 heterocycles. The van der Waals surface area contributed by atoms with Gasteiger partial charge in [-0.05, 0) is 6.92 Å². The lowest BCUT2D eigenvalue weighted by Crippen LogP contribution is -2.11. The van der Waals surface area contributed by atoms with E-state index in [1.807, 2.05) is 6.92 Å². The highest BCUT2D eigenvalue weighted by atomic mass is 32.1. The Kier molecular flexibility index (Phi) is 2.71. The third-order valence-electron chi connectivity index (χ3n) is 1.66. The fourth-order valence-corrected chi connectivity index (χ4v) is 1.06. The zero-order valence-electron chi connectivity index (χ0n) is 7.20. The van der Waals surface area contributed by atoms with Gasteiger partial charge in [0.15, 0.2) is 0 Å². The second kappa shape index (κ2) is 3.39. The van der Waals surface area contributed by atoms with E-state index >= 15 is 0 Å². The van der Waals surface area contributed by atoms with E-state index in [2.05, 4.69) is 36.5 Å². The van der Waals surface area contributed by atoms with Crippen molar-refractivity contribution in [3.8, 4) is 0 Å². The Hall–Kier alpha value is -0.310. The maximum atomic E-state index is 4.38. The zero-order chi connectivity index (χ0) is 8.43. The summed E-state index contributed by atoms with van der Waals surface area (Å²) in [5.41, 5.74) is 1.09. The van der Waals surface area contributed by atoms with Crippen molar-refractivity contribution in [1.82, 2.24) is 0 Å². The summed E-state index contributed by atoms with van der Waals surface area (Å²) in [7, 11) is 0. The molecule has 0 aliphatic carbocycles. The number of amidine groups is 1. The molecule has 0 saturated heterocycles. The van der Waals surface area contributed by atoms with Crippen molar-refractivity contribution < 1.29 is 0 Å². The summed E-state index contributed by atoms with van der Waals surface area (Å²) in [6.45, 7) is 6.99. The predicted octanol–water partition coefficient (Wildman–Crippen LogP) is 1.81. The molecule has 1 rings (SSSR count). The molecule has 0 aromatic carbocycles. The van der Waals surface area contributed by atoms with Gasteiger partial charge < -0.3 is 0 Å². The Morgan fingerprint density at radius 2 is 2.00 bits per heavy atom. The normalized spacial score (nSPS) is 20.1. The van der Waals surface area contributed by atoms with Crippen LogP contribution in [0.4, 0.5) is 0 Å². The standard InChI is InChI=1S/C8H14N2S/c1-5(2)8-9-4-7(10-8)6(3)11/h5-6,11H,4H2,1-3H3. The number of thiol groups is 1. The van der Waals surface area contributed by atoms with Crippen LogP contribution in [0.25, 0.3) is 0 Å². The number of hydrogen-bond acceptors (Lipinski definition) is 3. The minimum atomic E-state index is 0.245. The van der Waals surface area contributed by atoms with E-state index in [1.54, 1.807) is 0 Å². The first-order valence-electron chi connectivity index (χ1n) is 3.91. The summed E-state index contributed by atoms with van der Waals surface area (Å²) < 4.78 is 0. The van der Waals surface area contributed by atoms with Crippen LogP contribution in [-0.4, -0.2) is 23.3 Å². The zero-order valence-corrected chi connectivity index (χ0v) is 8.10. The van der Waals surface area contributed by atoms with E-state index in [0.29, 0.717) is 5.92 Å². The molecule has 0 saturated carbocycles. The van der Waals surface area contributed by atoms with Gasteiger partial charge >= 0.3 is 0 Å². The summed E-state index contributed by atoms with van der Waals surface area (Å²) in [5, 5.41) is 0.245. The largest absolute Gasteiger partial charge is 0.264 e. The van der Waals surface area contributed by atoms with Crippen molar-refractivity contribution in [1.29, 1.82) is 0 Å². The lowest BCUT2D eigenvalue weighted by Gasteiger charge is -2.01. The monoisotopic (exact) mass is 170 g/mol. The molecule has 2 nitrogen and oxygen atoms in total. The molecule has 1 aliphatic rings. The summed E-state index contributed by atoms with van der Waals surface area (Å²) >= 11 is 4.30. The van der Waals surface area contributed by atoms with Crippen LogP contribution >= 0.6 is 12.6 Å². The van der Waals surface area contributed by atoms with Crippen LogP contribution in [0.1, 0.15) is 20.8 Å². The molecule has 0 radical (unpaired) electrons. The van der Waals surface area contributed by atoms with Crippen molar-refractivity contribution in [2.45, 2.75) is 26.0 Å². The maximum Gasteiger partial charge on any atom is 0.126 e. The quantitative estimate of drug-likeness (QED) is 0.611. The lowest BCUT2D eigenvalue weighted by atomic mass is 10.2. The van der Waals surface area contributed by atoms with Gasteiger partial charge in [-0.1, -0.05) is 13.8 Å². The Bertz CT molecular complexity index is 204. The van der Waals surface area contributed by atoms with Crippen LogP contribution in [0.5, 0.6) is 0 Å². The van der Waals surface area contributed by atoms with Gasteiger partial charge in [0.25, 0.3) is 0 Å². The second-order valence-electron chi connectivity index (χ2n) is 3.11. The molecule has 3 heteroatoms. The summed E-state index contributed by atoms with van der Waals surface area (Å²) in [5.74, 6) is 1.42. The van der Waals surface area contributed by atoms with Crippen LogP contribution in [0, 0.1) is 5.92 Å². The average Bonchev–Trinajstić information content (AvgIpc) is 2.33. The van der Waals surface area contributed by atoms with Crippen LogP contribution in [-0.2, 0) is 0 Å². The maximum absolute atomic E-state index is 4.38. The van der Waals surface area contributed by atoms with Gasteiger partial charge in [-0.2, -0.15) is 12.6 Å². The van der Waals surface area contributed by atoms with Gasteiger partial charge in [-0.15, -0.1) is 0 Å². The summed E-state index contributed by atoms with van der Waals surface area (Å²) in [6.07, 6.45) is 0. The molecule has 0 spiro atoms. The van der Waals surface area contributed by atoms with E-state index in [9.17, 15) is 0 Å². The van der Waals surface area contributed by atoms with E-state index in [-0.39, 0.29) is 5.25 Å². The molecule has 0 N–H and O–H groups in total. The number of nitrogens with zero attached hydrogens (tertiary/aromatic N) is 2. The van der Waals surface area contributed by atoms with Gasteiger partial charge in [-0.25, -0.2) is 4.99 Å². The highest BCUT2D eigenvalue weighted by Gasteiger charge is 2.15. The molecule has 62 valence electrons. The lowest BCUT2D eigenvalue weighted by molar-refractivity contribution is 0.874. The van der Waals surface area contributed by atoms with Crippen LogP contribution in [0.2, 0.25) is 0 Å². The Labute approximate surface area is 73.2 Å². The average molecular weight is 170 g/mol. The van der Waals surface area contributed by atoms with Crippen LogP contribution < -0.4 is 0 Å². The highest BCUT2D eigenvalue weighted by molar-refractivity contribution is 7.81. The summed E-state index contributed by atoms with van der Waals surface area (Å²) in [6, 6.07) is 0. The van der Waals surface area contributed by atoms with E-state index in [1.165, 1.54) is 0 Å².